The minimum atomic E-state index is 0.0900. The zero-order valence-electron chi connectivity index (χ0n) is 14.4. The lowest BCUT2D eigenvalue weighted by molar-refractivity contribution is -0.130. The number of nitrogens with two attached hydrogens (primary N) is 1. The van der Waals surface area contributed by atoms with Gasteiger partial charge in [-0.3, -0.25) is 4.79 Å². The van der Waals surface area contributed by atoms with E-state index >= 15 is 0 Å². The summed E-state index contributed by atoms with van der Waals surface area (Å²) >= 11 is 0. The summed E-state index contributed by atoms with van der Waals surface area (Å²) in [5, 5.41) is 0. The Morgan fingerprint density at radius 3 is 2.46 bits per heavy atom. The van der Waals surface area contributed by atoms with Gasteiger partial charge in [-0.25, -0.2) is 0 Å². The standard InChI is InChI=1S/C19H24N2O3/c1-21(13-15-7-9-17(23-2)18(12-15)24-3)19(22)10-8-14-5-4-6-16(20)11-14/h4-7,9,11-12H,8,10,13,20H2,1-3H3. The summed E-state index contributed by atoms with van der Waals surface area (Å²) in [7, 11) is 5.00. The van der Waals surface area contributed by atoms with Crippen LogP contribution in [0.5, 0.6) is 11.5 Å². The molecule has 2 N–H and O–H groups in total. The number of amides is 1. The fourth-order valence-electron chi connectivity index (χ4n) is 2.53. The number of hydrogen-bond acceptors (Lipinski definition) is 4. The minimum Gasteiger partial charge on any atom is -0.493 e. The SMILES string of the molecule is COc1ccc(CN(C)C(=O)CCc2cccc(N)c2)cc1OC. The van der Waals surface area contributed by atoms with Crippen molar-refractivity contribution in [3.05, 3.63) is 53.6 Å². The molecule has 0 spiro atoms. The highest BCUT2D eigenvalue weighted by Gasteiger charge is 2.11. The van der Waals surface area contributed by atoms with E-state index in [4.69, 9.17) is 15.2 Å². The van der Waals surface area contributed by atoms with E-state index in [1.54, 1.807) is 26.2 Å². The minimum absolute atomic E-state index is 0.0900. The van der Waals surface area contributed by atoms with Gasteiger partial charge in [0, 0.05) is 25.7 Å². The van der Waals surface area contributed by atoms with Gasteiger partial charge in [0.15, 0.2) is 11.5 Å². The van der Waals surface area contributed by atoms with Crippen LogP contribution in [0.25, 0.3) is 0 Å². The molecule has 0 radical (unpaired) electrons. The molecule has 2 rings (SSSR count). The molecule has 5 heteroatoms. The monoisotopic (exact) mass is 328 g/mol. The number of aryl methyl sites for hydroxylation is 1. The van der Waals surface area contributed by atoms with Crippen molar-refractivity contribution in [1.29, 1.82) is 0 Å². The van der Waals surface area contributed by atoms with Crippen LogP contribution in [-0.2, 0) is 17.8 Å². The van der Waals surface area contributed by atoms with Gasteiger partial charge in [-0.1, -0.05) is 18.2 Å². The summed E-state index contributed by atoms with van der Waals surface area (Å²) in [6.45, 7) is 0.524. The number of rotatable bonds is 7. The molecule has 0 bridgehead atoms. The van der Waals surface area contributed by atoms with Crippen molar-refractivity contribution in [3.63, 3.8) is 0 Å². The van der Waals surface area contributed by atoms with Crippen molar-refractivity contribution in [1.82, 2.24) is 4.90 Å². The van der Waals surface area contributed by atoms with Crippen LogP contribution in [0.15, 0.2) is 42.5 Å². The van der Waals surface area contributed by atoms with Gasteiger partial charge >= 0.3 is 0 Å². The van der Waals surface area contributed by atoms with E-state index in [-0.39, 0.29) is 5.91 Å². The maximum Gasteiger partial charge on any atom is 0.222 e. The number of carbonyl (C=O) groups excluding carboxylic acids is 1. The molecular weight excluding hydrogens is 304 g/mol. The largest absolute Gasteiger partial charge is 0.493 e. The van der Waals surface area contributed by atoms with Crippen LogP contribution in [0.1, 0.15) is 17.5 Å². The van der Waals surface area contributed by atoms with Gasteiger partial charge < -0.3 is 20.1 Å². The molecule has 0 aliphatic heterocycles. The Morgan fingerprint density at radius 1 is 1.04 bits per heavy atom. The predicted octanol–water partition coefficient (Wildman–Crippen LogP) is 2.88. The number of hydrogen-bond donors (Lipinski definition) is 1. The van der Waals surface area contributed by atoms with Crippen LogP contribution < -0.4 is 15.2 Å². The summed E-state index contributed by atoms with van der Waals surface area (Å²) in [5.74, 6) is 1.43. The Balaban J connectivity index is 1.93. The van der Waals surface area contributed by atoms with Gasteiger partial charge in [-0.05, 0) is 41.8 Å². The van der Waals surface area contributed by atoms with Crippen molar-refractivity contribution in [2.45, 2.75) is 19.4 Å². The van der Waals surface area contributed by atoms with E-state index in [1.807, 2.05) is 42.5 Å². The van der Waals surface area contributed by atoms with Gasteiger partial charge in [0.05, 0.1) is 14.2 Å². The molecule has 0 heterocycles. The predicted molar refractivity (Wildman–Crippen MR) is 95.2 cm³/mol. The van der Waals surface area contributed by atoms with Crippen LogP contribution in [0, 0.1) is 0 Å². The third-order valence-corrected chi connectivity index (χ3v) is 3.87. The topological polar surface area (TPSA) is 64.8 Å². The molecule has 0 unspecified atom stereocenters. The summed E-state index contributed by atoms with van der Waals surface area (Å²) in [6.07, 6.45) is 1.13. The van der Waals surface area contributed by atoms with Crippen LogP contribution in [0.3, 0.4) is 0 Å². The number of nitrogen functional groups attached to an aromatic ring is 1. The molecule has 0 atom stereocenters. The van der Waals surface area contributed by atoms with E-state index < -0.39 is 0 Å². The molecule has 128 valence electrons. The summed E-state index contributed by atoms with van der Waals surface area (Å²) in [6, 6.07) is 13.3. The second kappa shape index (κ2) is 8.24. The van der Waals surface area contributed by atoms with Crippen molar-refractivity contribution >= 4 is 11.6 Å². The smallest absolute Gasteiger partial charge is 0.222 e. The zero-order valence-corrected chi connectivity index (χ0v) is 14.4. The van der Waals surface area contributed by atoms with E-state index in [1.165, 1.54) is 0 Å². The molecule has 24 heavy (non-hydrogen) atoms. The highest BCUT2D eigenvalue weighted by atomic mass is 16.5. The Morgan fingerprint density at radius 2 is 1.79 bits per heavy atom. The van der Waals surface area contributed by atoms with Gasteiger partial charge in [0.2, 0.25) is 5.91 Å². The Labute approximate surface area is 143 Å². The summed E-state index contributed by atoms with van der Waals surface area (Å²) in [4.78, 5) is 14.0. The fourth-order valence-corrected chi connectivity index (χ4v) is 2.53. The lowest BCUT2D eigenvalue weighted by Crippen LogP contribution is -2.26. The van der Waals surface area contributed by atoms with Crippen molar-refractivity contribution in [2.24, 2.45) is 0 Å². The van der Waals surface area contributed by atoms with Crippen molar-refractivity contribution in [3.8, 4) is 11.5 Å². The van der Waals surface area contributed by atoms with Crippen LogP contribution in [0.4, 0.5) is 5.69 Å². The van der Waals surface area contributed by atoms with Gasteiger partial charge in [-0.2, -0.15) is 0 Å². The summed E-state index contributed by atoms with van der Waals surface area (Å²) < 4.78 is 10.5. The second-order valence-corrected chi connectivity index (χ2v) is 5.68. The average molecular weight is 328 g/mol. The number of nitrogens with zero attached hydrogens (tertiary/aromatic N) is 1. The quantitative estimate of drug-likeness (QED) is 0.794. The molecule has 0 saturated heterocycles. The van der Waals surface area contributed by atoms with Crippen LogP contribution in [0.2, 0.25) is 0 Å². The zero-order chi connectivity index (χ0) is 17.5. The molecule has 0 fully saturated rings. The third-order valence-electron chi connectivity index (χ3n) is 3.87. The van der Waals surface area contributed by atoms with E-state index in [9.17, 15) is 4.79 Å². The maximum atomic E-state index is 12.3. The first kappa shape index (κ1) is 17.7. The van der Waals surface area contributed by atoms with E-state index in [0.29, 0.717) is 30.9 Å². The normalized spacial score (nSPS) is 10.3. The van der Waals surface area contributed by atoms with Crippen LogP contribution in [-0.4, -0.2) is 32.1 Å². The summed E-state index contributed by atoms with van der Waals surface area (Å²) in [5.41, 5.74) is 8.55. The molecule has 2 aromatic carbocycles. The molecule has 1 amide bonds. The highest BCUT2D eigenvalue weighted by Crippen LogP contribution is 2.28. The molecular formula is C19H24N2O3. The Kier molecular flexibility index (Phi) is 6.07. The van der Waals surface area contributed by atoms with Crippen molar-refractivity contribution < 1.29 is 14.3 Å². The van der Waals surface area contributed by atoms with E-state index in [0.717, 1.165) is 16.8 Å². The molecule has 2 aromatic rings. The lowest BCUT2D eigenvalue weighted by Gasteiger charge is -2.18. The van der Waals surface area contributed by atoms with Gasteiger partial charge in [0.1, 0.15) is 0 Å². The third kappa shape index (κ3) is 4.65. The number of carbonyl (C=O) groups is 1. The molecule has 5 nitrogen and oxygen atoms in total. The molecule has 0 saturated carbocycles. The van der Waals surface area contributed by atoms with E-state index in [2.05, 4.69) is 0 Å². The number of ether oxygens (including phenoxy) is 2. The molecule has 0 aromatic heterocycles. The number of benzene rings is 2. The first-order valence-corrected chi connectivity index (χ1v) is 7.82. The Bertz CT molecular complexity index is 701. The molecule has 0 aliphatic carbocycles. The molecule has 0 aliphatic rings. The van der Waals surface area contributed by atoms with Gasteiger partial charge in [0.25, 0.3) is 0 Å². The average Bonchev–Trinajstić information content (AvgIpc) is 2.59. The first-order chi connectivity index (χ1) is 11.5. The highest BCUT2D eigenvalue weighted by molar-refractivity contribution is 5.76. The Hall–Kier alpha value is -2.69. The number of anilines is 1. The van der Waals surface area contributed by atoms with Crippen molar-refractivity contribution in [2.75, 3.05) is 27.0 Å². The number of methoxy groups -OCH3 is 2. The lowest BCUT2D eigenvalue weighted by atomic mass is 10.1. The maximum absolute atomic E-state index is 12.3. The fraction of sp³-hybridized carbons (Fsp3) is 0.316. The van der Waals surface area contributed by atoms with Gasteiger partial charge in [-0.15, -0.1) is 0 Å². The first-order valence-electron chi connectivity index (χ1n) is 7.82. The van der Waals surface area contributed by atoms with Crippen LogP contribution >= 0.6 is 0 Å². The second-order valence-electron chi connectivity index (χ2n) is 5.68.